The summed E-state index contributed by atoms with van der Waals surface area (Å²) in [6.45, 7) is 3.56. The first kappa shape index (κ1) is 14.2. The lowest BCUT2D eigenvalue weighted by molar-refractivity contribution is 0.0702. The third kappa shape index (κ3) is 3.14. The van der Waals surface area contributed by atoms with E-state index in [2.05, 4.69) is 15.9 Å². The van der Waals surface area contributed by atoms with Crippen LogP contribution in [0.25, 0.3) is 0 Å². The Hall–Kier alpha value is -1.72. The molecule has 4 nitrogen and oxygen atoms in total. The lowest BCUT2D eigenvalue weighted by Crippen LogP contribution is -2.46. The third-order valence-electron chi connectivity index (χ3n) is 3.61. The van der Waals surface area contributed by atoms with Crippen LogP contribution in [0.1, 0.15) is 9.67 Å². The van der Waals surface area contributed by atoms with Crippen molar-refractivity contribution in [1.29, 1.82) is 0 Å². The van der Waals surface area contributed by atoms with Crippen LogP contribution in [0, 0.1) is 0 Å². The monoisotopic (exact) mass is 322 g/mol. The van der Waals surface area contributed by atoms with Gasteiger partial charge in [-0.1, -0.05) is 17.7 Å². The number of carboxylic acid groups (broad SMARTS) is 1. The standard InChI is InChI=1S/C15H15ClN2O2S/c16-11-2-1-3-12(8-11)17-4-6-18(7-5-17)13-9-14(15(19)20)21-10-13/h1-3,8-10H,4-7H2,(H,19,20). The van der Waals surface area contributed by atoms with Crippen LogP contribution in [0.15, 0.2) is 35.7 Å². The number of benzene rings is 1. The highest BCUT2D eigenvalue weighted by atomic mass is 35.5. The summed E-state index contributed by atoms with van der Waals surface area (Å²) < 4.78 is 0. The second-order valence-corrected chi connectivity index (χ2v) is 6.28. The molecule has 0 spiro atoms. The number of thiophene rings is 1. The summed E-state index contributed by atoms with van der Waals surface area (Å²) in [5, 5.41) is 11.6. The van der Waals surface area contributed by atoms with Crippen molar-refractivity contribution in [2.45, 2.75) is 0 Å². The molecule has 0 unspecified atom stereocenters. The van der Waals surface area contributed by atoms with Gasteiger partial charge in [0.25, 0.3) is 0 Å². The second-order valence-electron chi connectivity index (χ2n) is 4.93. The van der Waals surface area contributed by atoms with Gasteiger partial charge in [0.15, 0.2) is 0 Å². The molecular formula is C15H15ClN2O2S. The average Bonchev–Trinajstić information content (AvgIpc) is 2.97. The predicted octanol–water partition coefficient (Wildman–Crippen LogP) is 3.43. The van der Waals surface area contributed by atoms with E-state index in [9.17, 15) is 4.79 Å². The van der Waals surface area contributed by atoms with Crippen LogP contribution in [-0.2, 0) is 0 Å². The zero-order chi connectivity index (χ0) is 14.8. The highest BCUT2D eigenvalue weighted by molar-refractivity contribution is 7.12. The fourth-order valence-corrected chi connectivity index (χ4v) is 3.44. The molecule has 110 valence electrons. The summed E-state index contributed by atoms with van der Waals surface area (Å²) in [7, 11) is 0. The maximum Gasteiger partial charge on any atom is 0.345 e. The van der Waals surface area contributed by atoms with E-state index in [1.54, 1.807) is 6.07 Å². The number of halogens is 1. The number of carbonyl (C=O) groups is 1. The molecule has 0 atom stereocenters. The molecule has 0 saturated carbocycles. The molecule has 0 bridgehead atoms. The number of hydrogen-bond acceptors (Lipinski definition) is 4. The molecule has 0 aliphatic carbocycles. The Bertz CT molecular complexity index is 651. The van der Waals surface area contributed by atoms with Gasteiger partial charge in [-0.05, 0) is 24.3 Å². The zero-order valence-electron chi connectivity index (χ0n) is 11.3. The Morgan fingerprint density at radius 2 is 1.76 bits per heavy atom. The molecule has 1 aliphatic heterocycles. The smallest absolute Gasteiger partial charge is 0.345 e. The molecule has 1 aromatic carbocycles. The summed E-state index contributed by atoms with van der Waals surface area (Å²) in [6, 6.07) is 9.63. The fourth-order valence-electron chi connectivity index (χ4n) is 2.50. The predicted molar refractivity (Wildman–Crippen MR) is 87.2 cm³/mol. The first-order valence-electron chi connectivity index (χ1n) is 6.71. The second kappa shape index (κ2) is 5.95. The lowest BCUT2D eigenvalue weighted by atomic mass is 10.2. The van der Waals surface area contributed by atoms with Crippen LogP contribution >= 0.6 is 22.9 Å². The van der Waals surface area contributed by atoms with Gasteiger partial charge in [0, 0.05) is 48.0 Å². The van der Waals surface area contributed by atoms with Gasteiger partial charge >= 0.3 is 5.97 Å². The Morgan fingerprint density at radius 3 is 2.33 bits per heavy atom. The van der Waals surface area contributed by atoms with E-state index in [4.69, 9.17) is 16.7 Å². The van der Waals surface area contributed by atoms with E-state index in [0.29, 0.717) is 4.88 Å². The van der Waals surface area contributed by atoms with Gasteiger partial charge in [0.2, 0.25) is 0 Å². The fraction of sp³-hybridized carbons (Fsp3) is 0.267. The van der Waals surface area contributed by atoms with Crippen LogP contribution < -0.4 is 9.80 Å². The normalized spacial score (nSPS) is 15.3. The van der Waals surface area contributed by atoms with E-state index >= 15 is 0 Å². The number of rotatable bonds is 3. The molecule has 3 rings (SSSR count). The maximum atomic E-state index is 10.9. The van der Waals surface area contributed by atoms with Crippen molar-refractivity contribution >= 4 is 40.3 Å². The van der Waals surface area contributed by atoms with Gasteiger partial charge in [0.1, 0.15) is 4.88 Å². The van der Waals surface area contributed by atoms with Crippen LogP contribution in [0.5, 0.6) is 0 Å². The molecule has 1 fully saturated rings. The molecule has 21 heavy (non-hydrogen) atoms. The first-order valence-corrected chi connectivity index (χ1v) is 7.96. The number of carboxylic acids is 1. The Balaban J connectivity index is 1.66. The van der Waals surface area contributed by atoms with E-state index in [0.717, 1.165) is 42.6 Å². The molecule has 1 aliphatic rings. The number of hydrogen-bond donors (Lipinski definition) is 1. The van der Waals surface area contributed by atoms with Crippen LogP contribution in [0.2, 0.25) is 5.02 Å². The van der Waals surface area contributed by atoms with Gasteiger partial charge in [0.05, 0.1) is 0 Å². The Morgan fingerprint density at radius 1 is 1.10 bits per heavy atom. The number of aromatic carboxylic acids is 1. The highest BCUT2D eigenvalue weighted by Gasteiger charge is 2.19. The number of piperazine rings is 1. The first-order chi connectivity index (χ1) is 10.1. The summed E-state index contributed by atoms with van der Waals surface area (Å²) in [6.07, 6.45) is 0. The number of nitrogens with zero attached hydrogens (tertiary/aromatic N) is 2. The lowest BCUT2D eigenvalue weighted by Gasteiger charge is -2.37. The Labute approximate surface area is 132 Å². The van der Waals surface area contributed by atoms with E-state index in [1.165, 1.54) is 11.3 Å². The molecule has 1 aromatic heterocycles. The van der Waals surface area contributed by atoms with E-state index < -0.39 is 5.97 Å². The summed E-state index contributed by atoms with van der Waals surface area (Å²) in [4.78, 5) is 15.9. The van der Waals surface area contributed by atoms with Gasteiger partial charge in [-0.25, -0.2) is 4.79 Å². The minimum Gasteiger partial charge on any atom is -0.477 e. The van der Waals surface area contributed by atoms with Gasteiger partial charge in [-0.15, -0.1) is 11.3 Å². The minimum absolute atomic E-state index is 0.391. The third-order valence-corrected chi connectivity index (χ3v) is 4.76. The largest absolute Gasteiger partial charge is 0.477 e. The van der Waals surface area contributed by atoms with Crippen molar-refractivity contribution < 1.29 is 9.90 Å². The molecule has 1 saturated heterocycles. The summed E-state index contributed by atoms with van der Waals surface area (Å²) in [5.74, 6) is -0.858. The zero-order valence-corrected chi connectivity index (χ0v) is 12.9. The van der Waals surface area contributed by atoms with Gasteiger partial charge in [-0.2, -0.15) is 0 Å². The summed E-state index contributed by atoms with van der Waals surface area (Å²) >= 11 is 7.31. The topological polar surface area (TPSA) is 43.8 Å². The minimum atomic E-state index is -0.858. The van der Waals surface area contributed by atoms with Crippen molar-refractivity contribution in [1.82, 2.24) is 0 Å². The van der Waals surface area contributed by atoms with E-state index in [1.807, 2.05) is 23.6 Å². The highest BCUT2D eigenvalue weighted by Crippen LogP contribution is 2.26. The van der Waals surface area contributed by atoms with Crippen LogP contribution in [0.3, 0.4) is 0 Å². The molecule has 0 radical (unpaired) electrons. The van der Waals surface area contributed by atoms with E-state index in [-0.39, 0.29) is 0 Å². The van der Waals surface area contributed by atoms with Crippen molar-refractivity contribution in [3.63, 3.8) is 0 Å². The molecule has 1 N–H and O–H groups in total. The van der Waals surface area contributed by atoms with Gasteiger partial charge in [-0.3, -0.25) is 0 Å². The molecule has 6 heteroatoms. The van der Waals surface area contributed by atoms with Crippen molar-refractivity contribution in [3.8, 4) is 0 Å². The SMILES string of the molecule is O=C(O)c1cc(N2CCN(c3cccc(Cl)c3)CC2)cs1. The Kier molecular flexibility index (Phi) is 4.03. The van der Waals surface area contributed by atoms with Crippen molar-refractivity contribution in [2.75, 3.05) is 36.0 Å². The average molecular weight is 323 g/mol. The van der Waals surface area contributed by atoms with Gasteiger partial charge < -0.3 is 14.9 Å². The molecular weight excluding hydrogens is 308 g/mol. The number of anilines is 2. The maximum absolute atomic E-state index is 10.9. The van der Waals surface area contributed by atoms with Crippen molar-refractivity contribution in [3.05, 3.63) is 45.6 Å². The quantitative estimate of drug-likeness (QED) is 0.940. The molecule has 0 amide bonds. The van der Waals surface area contributed by atoms with Crippen LogP contribution in [0.4, 0.5) is 11.4 Å². The van der Waals surface area contributed by atoms with Crippen molar-refractivity contribution in [2.24, 2.45) is 0 Å². The van der Waals surface area contributed by atoms with Crippen LogP contribution in [-0.4, -0.2) is 37.3 Å². The summed E-state index contributed by atoms with van der Waals surface area (Å²) in [5.41, 5.74) is 2.14. The molecule has 2 aromatic rings. The molecule has 2 heterocycles.